The Hall–Kier alpha value is -2.04. The van der Waals surface area contributed by atoms with Gasteiger partial charge in [0.25, 0.3) is 0 Å². The fourth-order valence-electron chi connectivity index (χ4n) is 1.99. The molecular weight excluding hydrogens is 220 g/mol. The van der Waals surface area contributed by atoms with Crippen LogP contribution in [0.15, 0.2) is 18.2 Å². The Morgan fingerprint density at radius 3 is 2.88 bits per heavy atom. The molecule has 5 nitrogen and oxygen atoms in total. The second kappa shape index (κ2) is 4.45. The van der Waals surface area contributed by atoms with E-state index in [1.54, 1.807) is 17.0 Å². The number of nitrogens with zero attached hydrogens (tertiary/aromatic N) is 1. The van der Waals surface area contributed by atoms with Crippen LogP contribution in [0.25, 0.3) is 0 Å². The minimum absolute atomic E-state index is 0.130. The summed E-state index contributed by atoms with van der Waals surface area (Å²) in [5, 5.41) is 11.6. The Morgan fingerprint density at radius 2 is 2.24 bits per heavy atom. The van der Waals surface area contributed by atoms with Crippen LogP contribution in [0.1, 0.15) is 22.8 Å². The van der Waals surface area contributed by atoms with Gasteiger partial charge in [-0.05, 0) is 37.1 Å². The molecule has 1 aromatic rings. The average Bonchev–Trinajstić information content (AvgIpc) is 2.71. The van der Waals surface area contributed by atoms with Crippen molar-refractivity contribution in [1.29, 1.82) is 0 Å². The Kier molecular flexibility index (Phi) is 2.99. The van der Waals surface area contributed by atoms with Gasteiger partial charge in [-0.3, -0.25) is 4.90 Å². The number of nitrogens with one attached hydrogen (secondary N) is 1. The van der Waals surface area contributed by atoms with Crippen molar-refractivity contribution in [3.63, 3.8) is 0 Å². The van der Waals surface area contributed by atoms with Gasteiger partial charge in [0.05, 0.1) is 5.56 Å². The van der Waals surface area contributed by atoms with E-state index in [9.17, 15) is 9.59 Å². The molecule has 1 aliphatic rings. The largest absolute Gasteiger partial charge is 0.478 e. The summed E-state index contributed by atoms with van der Waals surface area (Å²) in [6.45, 7) is 3.05. The molecule has 1 aromatic carbocycles. The van der Waals surface area contributed by atoms with Crippen molar-refractivity contribution in [2.45, 2.75) is 13.3 Å². The minimum Gasteiger partial charge on any atom is -0.478 e. The maximum absolute atomic E-state index is 11.7. The zero-order valence-electron chi connectivity index (χ0n) is 9.56. The van der Waals surface area contributed by atoms with Crippen molar-refractivity contribution in [3.8, 4) is 0 Å². The van der Waals surface area contributed by atoms with Crippen molar-refractivity contribution in [1.82, 2.24) is 5.32 Å². The van der Waals surface area contributed by atoms with Crippen molar-refractivity contribution in [2.24, 2.45) is 0 Å². The lowest BCUT2D eigenvalue weighted by Gasteiger charge is -2.17. The average molecular weight is 234 g/mol. The zero-order chi connectivity index (χ0) is 12.4. The third-order valence-corrected chi connectivity index (χ3v) is 2.80. The summed E-state index contributed by atoms with van der Waals surface area (Å²) in [5.41, 5.74) is 1.98. The Morgan fingerprint density at radius 1 is 1.47 bits per heavy atom. The summed E-state index contributed by atoms with van der Waals surface area (Å²) in [6.07, 6.45) is 0.702. The maximum atomic E-state index is 11.7. The first-order chi connectivity index (χ1) is 8.13. The van der Waals surface area contributed by atoms with E-state index in [1.165, 1.54) is 6.07 Å². The van der Waals surface area contributed by atoms with Gasteiger partial charge in [0, 0.05) is 18.8 Å². The van der Waals surface area contributed by atoms with E-state index in [4.69, 9.17) is 5.11 Å². The number of amides is 2. The Labute approximate surface area is 99.0 Å². The predicted octanol–water partition coefficient (Wildman–Crippen LogP) is 1.48. The Bertz CT molecular complexity index is 471. The molecule has 0 saturated heterocycles. The molecule has 0 atom stereocenters. The molecule has 0 fully saturated rings. The number of benzene rings is 1. The Balaban J connectivity index is 2.27. The van der Waals surface area contributed by atoms with Crippen LogP contribution in [0.2, 0.25) is 0 Å². The second-order valence-electron chi connectivity index (χ2n) is 3.89. The van der Waals surface area contributed by atoms with Crippen molar-refractivity contribution >= 4 is 17.7 Å². The molecule has 0 spiro atoms. The van der Waals surface area contributed by atoms with Crippen LogP contribution >= 0.6 is 0 Å². The summed E-state index contributed by atoms with van der Waals surface area (Å²) >= 11 is 0. The number of hydrogen-bond acceptors (Lipinski definition) is 2. The molecule has 0 aromatic heterocycles. The van der Waals surface area contributed by atoms with Gasteiger partial charge in [0.1, 0.15) is 0 Å². The molecular formula is C12H14N2O3. The van der Waals surface area contributed by atoms with Gasteiger partial charge in [-0.1, -0.05) is 0 Å². The number of hydrogen-bond donors (Lipinski definition) is 2. The zero-order valence-corrected chi connectivity index (χ0v) is 9.56. The predicted molar refractivity (Wildman–Crippen MR) is 63.5 cm³/mol. The summed E-state index contributed by atoms with van der Waals surface area (Å²) in [5.74, 6) is -0.941. The van der Waals surface area contributed by atoms with Crippen molar-refractivity contribution < 1.29 is 14.7 Å². The first-order valence-electron chi connectivity index (χ1n) is 5.55. The highest BCUT2D eigenvalue weighted by Gasteiger charge is 2.24. The number of carboxylic acid groups (broad SMARTS) is 1. The summed E-state index contributed by atoms with van der Waals surface area (Å²) in [6, 6.07) is 4.73. The van der Waals surface area contributed by atoms with Gasteiger partial charge >= 0.3 is 12.0 Å². The fraction of sp³-hybridized carbons (Fsp3) is 0.333. The van der Waals surface area contributed by atoms with Gasteiger partial charge in [-0.15, -0.1) is 0 Å². The van der Waals surface area contributed by atoms with Gasteiger partial charge in [0.2, 0.25) is 0 Å². The van der Waals surface area contributed by atoms with E-state index in [1.807, 2.05) is 6.92 Å². The van der Waals surface area contributed by atoms with E-state index < -0.39 is 5.97 Å². The lowest BCUT2D eigenvalue weighted by Crippen LogP contribution is -2.38. The molecule has 0 aliphatic carbocycles. The van der Waals surface area contributed by atoms with Crippen LogP contribution < -0.4 is 10.2 Å². The van der Waals surface area contributed by atoms with Crippen LogP contribution in [0.4, 0.5) is 10.5 Å². The lowest BCUT2D eigenvalue weighted by molar-refractivity contribution is 0.0697. The summed E-state index contributed by atoms with van der Waals surface area (Å²) < 4.78 is 0. The summed E-state index contributed by atoms with van der Waals surface area (Å²) in [7, 11) is 0. The normalized spacial score (nSPS) is 13.4. The highest BCUT2D eigenvalue weighted by atomic mass is 16.4. The van der Waals surface area contributed by atoms with Crippen LogP contribution in [0.5, 0.6) is 0 Å². The quantitative estimate of drug-likeness (QED) is 0.814. The van der Waals surface area contributed by atoms with E-state index in [0.717, 1.165) is 11.3 Å². The first-order valence-corrected chi connectivity index (χ1v) is 5.55. The van der Waals surface area contributed by atoms with Crippen molar-refractivity contribution in [3.05, 3.63) is 29.3 Å². The van der Waals surface area contributed by atoms with E-state index in [0.29, 0.717) is 19.5 Å². The third-order valence-electron chi connectivity index (χ3n) is 2.80. The lowest BCUT2D eigenvalue weighted by atomic mass is 10.1. The van der Waals surface area contributed by atoms with Gasteiger partial charge in [0.15, 0.2) is 0 Å². The standard InChI is InChI=1S/C12H14N2O3/c1-2-13-12(17)14-6-5-8-7-9(11(15)16)3-4-10(8)14/h3-4,7H,2,5-6H2,1H3,(H,13,17)(H,15,16). The van der Waals surface area contributed by atoms with Crippen LogP contribution in [0, 0.1) is 0 Å². The molecule has 2 rings (SSSR count). The molecule has 2 amide bonds. The molecule has 2 N–H and O–H groups in total. The number of carboxylic acids is 1. The number of urea groups is 1. The molecule has 90 valence electrons. The molecule has 0 unspecified atom stereocenters. The SMILES string of the molecule is CCNC(=O)N1CCc2cc(C(=O)O)ccc21. The molecule has 0 bridgehead atoms. The van der Waals surface area contributed by atoms with E-state index in [2.05, 4.69) is 5.32 Å². The van der Waals surface area contributed by atoms with E-state index >= 15 is 0 Å². The smallest absolute Gasteiger partial charge is 0.335 e. The minimum atomic E-state index is -0.941. The van der Waals surface area contributed by atoms with Crippen LogP contribution in [-0.2, 0) is 6.42 Å². The van der Waals surface area contributed by atoms with Gasteiger partial charge in [-0.25, -0.2) is 9.59 Å². The molecule has 0 saturated carbocycles. The van der Waals surface area contributed by atoms with Gasteiger partial charge < -0.3 is 10.4 Å². The fourth-order valence-corrected chi connectivity index (χ4v) is 1.99. The number of fused-ring (bicyclic) bond motifs is 1. The second-order valence-corrected chi connectivity index (χ2v) is 3.89. The number of rotatable bonds is 2. The monoisotopic (exact) mass is 234 g/mol. The highest BCUT2D eigenvalue weighted by Crippen LogP contribution is 2.28. The topological polar surface area (TPSA) is 69.6 Å². The number of carbonyl (C=O) groups excluding carboxylic acids is 1. The number of carbonyl (C=O) groups is 2. The molecule has 1 heterocycles. The molecule has 1 aliphatic heterocycles. The highest BCUT2D eigenvalue weighted by molar-refractivity contribution is 5.95. The third kappa shape index (κ3) is 2.08. The van der Waals surface area contributed by atoms with Gasteiger partial charge in [-0.2, -0.15) is 0 Å². The molecule has 0 radical (unpaired) electrons. The number of aromatic carboxylic acids is 1. The number of anilines is 1. The molecule has 17 heavy (non-hydrogen) atoms. The van der Waals surface area contributed by atoms with E-state index in [-0.39, 0.29) is 11.6 Å². The van der Waals surface area contributed by atoms with Crippen molar-refractivity contribution in [2.75, 3.05) is 18.0 Å². The van der Waals surface area contributed by atoms with Crippen LogP contribution in [0.3, 0.4) is 0 Å². The molecule has 5 heteroatoms. The maximum Gasteiger partial charge on any atom is 0.335 e. The van der Waals surface area contributed by atoms with Crippen LogP contribution in [-0.4, -0.2) is 30.2 Å². The first kappa shape index (κ1) is 11.4. The summed E-state index contributed by atoms with van der Waals surface area (Å²) in [4.78, 5) is 24.2.